The van der Waals surface area contributed by atoms with Gasteiger partial charge in [0.1, 0.15) is 6.42 Å². The van der Waals surface area contributed by atoms with Crippen LogP contribution >= 0.6 is 11.6 Å². The number of carbonyl (C=O) groups is 2. The molecule has 2 heterocycles. The third kappa shape index (κ3) is 5.85. The second-order valence-electron chi connectivity index (χ2n) is 7.40. The van der Waals surface area contributed by atoms with Crippen molar-refractivity contribution < 1.29 is 22.8 Å². The summed E-state index contributed by atoms with van der Waals surface area (Å²) in [4.78, 5) is 28.7. The van der Waals surface area contributed by atoms with Crippen molar-refractivity contribution in [1.82, 2.24) is 15.2 Å². The van der Waals surface area contributed by atoms with Gasteiger partial charge < -0.3 is 10.6 Å². The number of aromatic nitrogens is 3. The molecular weight excluding hydrogens is 483 g/mol. The smallest absolute Gasteiger partial charge is 0.326 e. The summed E-state index contributed by atoms with van der Waals surface area (Å²) in [5, 5.41) is 12.1. The van der Waals surface area contributed by atoms with Crippen LogP contribution in [0.2, 0.25) is 5.02 Å². The maximum atomic E-state index is 13.0. The Morgan fingerprint density at radius 2 is 1.80 bits per heavy atom. The second-order valence-corrected chi connectivity index (χ2v) is 7.77. The van der Waals surface area contributed by atoms with Gasteiger partial charge in [-0.05, 0) is 54.6 Å². The average molecular weight is 500 g/mol. The first-order chi connectivity index (χ1) is 16.7. The number of benzene rings is 2. The lowest BCUT2D eigenvalue weighted by Gasteiger charge is -2.13. The van der Waals surface area contributed by atoms with Crippen LogP contribution < -0.4 is 10.6 Å². The van der Waals surface area contributed by atoms with Crippen molar-refractivity contribution in [2.45, 2.75) is 12.6 Å². The Labute approximate surface area is 202 Å². The molecule has 2 amide bonds. The number of nitrogens with zero attached hydrogens (tertiary/aromatic N) is 2. The van der Waals surface area contributed by atoms with E-state index < -0.39 is 35.0 Å². The third-order valence-electron chi connectivity index (χ3n) is 4.88. The summed E-state index contributed by atoms with van der Waals surface area (Å²) in [5.74, 6) is -1.46. The molecule has 4 rings (SSSR count). The molecule has 0 fully saturated rings. The van der Waals surface area contributed by atoms with E-state index in [1.54, 1.807) is 24.4 Å². The highest BCUT2D eigenvalue weighted by Crippen LogP contribution is 2.38. The number of carbonyl (C=O) groups excluding carboxylic acids is 2. The van der Waals surface area contributed by atoms with Crippen LogP contribution in [-0.2, 0) is 15.8 Å². The van der Waals surface area contributed by atoms with Gasteiger partial charge in [0.2, 0.25) is 11.8 Å². The summed E-state index contributed by atoms with van der Waals surface area (Å²) in [5.41, 5.74) is 1.21. The van der Waals surface area contributed by atoms with Crippen LogP contribution in [0, 0.1) is 0 Å². The summed E-state index contributed by atoms with van der Waals surface area (Å²) in [6.45, 7) is 0. The number of amides is 2. The summed E-state index contributed by atoms with van der Waals surface area (Å²) in [7, 11) is 0. The van der Waals surface area contributed by atoms with E-state index in [-0.39, 0.29) is 5.69 Å². The Bertz CT molecular complexity index is 1420. The number of halogens is 4. The fourth-order valence-corrected chi connectivity index (χ4v) is 3.56. The van der Waals surface area contributed by atoms with Gasteiger partial charge in [-0.15, -0.1) is 0 Å². The predicted molar refractivity (Wildman–Crippen MR) is 128 cm³/mol. The number of hydrogen-bond donors (Lipinski definition) is 3. The predicted octanol–water partition coefficient (Wildman–Crippen LogP) is 5.77. The van der Waals surface area contributed by atoms with Crippen LogP contribution in [0.15, 0.2) is 60.8 Å². The summed E-state index contributed by atoms with van der Waals surface area (Å²) in [6, 6.07) is 13.7. The number of nitrogens with one attached hydrogen (secondary N) is 3. The number of rotatable bonds is 6. The zero-order chi connectivity index (χ0) is 25.0. The molecule has 0 radical (unpaired) electrons. The Hall–Kier alpha value is -4.18. The SMILES string of the molecule is O=C(CC(=O)Nc1cccc(C(F)(F)F)c1Cl)Nc1ccc2c(/C=C/c3ccccn3)n[nH]c2c1. The quantitative estimate of drug-likeness (QED) is 0.293. The topological polar surface area (TPSA) is 99.8 Å². The fourth-order valence-electron chi connectivity index (χ4n) is 3.28. The monoisotopic (exact) mass is 499 g/mol. The number of H-pyrrole nitrogens is 1. The van der Waals surface area contributed by atoms with E-state index >= 15 is 0 Å². The van der Waals surface area contributed by atoms with Gasteiger partial charge in [-0.25, -0.2) is 0 Å². The van der Waals surface area contributed by atoms with E-state index in [9.17, 15) is 22.8 Å². The number of aromatic amines is 1. The van der Waals surface area contributed by atoms with Crippen LogP contribution in [0.1, 0.15) is 23.4 Å². The van der Waals surface area contributed by atoms with Crippen molar-refractivity contribution in [2.24, 2.45) is 0 Å². The third-order valence-corrected chi connectivity index (χ3v) is 5.28. The molecule has 35 heavy (non-hydrogen) atoms. The van der Waals surface area contributed by atoms with Gasteiger partial charge in [0, 0.05) is 17.3 Å². The lowest BCUT2D eigenvalue weighted by molar-refractivity contribution is -0.137. The summed E-state index contributed by atoms with van der Waals surface area (Å²) < 4.78 is 38.9. The number of alkyl halides is 3. The highest BCUT2D eigenvalue weighted by atomic mass is 35.5. The zero-order valence-electron chi connectivity index (χ0n) is 17.9. The van der Waals surface area contributed by atoms with Gasteiger partial charge in [-0.3, -0.25) is 19.7 Å². The first-order valence-electron chi connectivity index (χ1n) is 10.2. The standard InChI is InChI=1S/C24H17ClF3N5O2/c25-23-17(24(26,27)28)5-3-6-19(23)31-22(35)13-21(34)30-15-7-9-16-18(32-33-20(16)12-15)10-8-14-4-1-2-11-29-14/h1-12H,13H2,(H,30,34)(H,31,35)(H,32,33)/b10-8+. The van der Waals surface area contributed by atoms with E-state index in [0.717, 1.165) is 23.2 Å². The van der Waals surface area contributed by atoms with Gasteiger partial charge in [0.15, 0.2) is 0 Å². The largest absolute Gasteiger partial charge is 0.417 e. The molecule has 2 aromatic carbocycles. The molecule has 0 spiro atoms. The molecule has 7 nitrogen and oxygen atoms in total. The number of anilines is 2. The maximum Gasteiger partial charge on any atom is 0.417 e. The molecule has 0 aliphatic carbocycles. The van der Waals surface area contributed by atoms with Crippen molar-refractivity contribution in [3.05, 3.63) is 82.8 Å². The van der Waals surface area contributed by atoms with Crippen LogP contribution in [0.3, 0.4) is 0 Å². The van der Waals surface area contributed by atoms with Crippen LogP contribution in [0.4, 0.5) is 24.5 Å². The molecule has 178 valence electrons. The summed E-state index contributed by atoms with van der Waals surface area (Å²) >= 11 is 5.77. The second kappa shape index (κ2) is 9.98. The van der Waals surface area contributed by atoms with Gasteiger partial charge >= 0.3 is 6.18 Å². The molecule has 0 aliphatic heterocycles. The average Bonchev–Trinajstić information content (AvgIpc) is 3.21. The van der Waals surface area contributed by atoms with E-state index in [1.807, 2.05) is 30.4 Å². The molecule has 2 aromatic heterocycles. The van der Waals surface area contributed by atoms with Crippen molar-refractivity contribution >= 4 is 57.8 Å². The lowest BCUT2D eigenvalue weighted by atomic mass is 10.1. The molecule has 4 aromatic rings. The van der Waals surface area contributed by atoms with Gasteiger partial charge in [-0.1, -0.05) is 23.7 Å². The first-order valence-corrected chi connectivity index (χ1v) is 10.6. The maximum absolute atomic E-state index is 13.0. The molecular formula is C24H17ClF3N5O2. The number of pyridine rings is 1. The number of fused-ring (bicyclic) bond motifs is 1. The molecule has 0 bridgehead atoms. The Kier molecular flexibility index (Phi) is 6.83. The van der Waals surface area contributed by atoms with Gasteiger partial charge in [0.25, 0.3) is 0 Å². The molecule has 0 unspecified atom stereocenters. The van der Waals surface area contributed by atoms with Crippen LogP contribution in [0.5, 0.6) is 0 Å². The molecule has 0 atom stereocenters. The molecule has 11 heteroatoms. The Balaban J connectivity index is 1.39. The van der Waals surface area contributed by atoms with Gasteiger partial charge in [-0.2, -0.15) is 18.3 Å². The normalized spacial score (nSPS) is 11.7. The van der Waals surface area contributed by atoms with Crippen molar-refractivity contribution in [1.29, 1.82) is 0 Å². The zero-order valence-corrected chi connectivity index (χ0v) is 18.6. The minimum atomic E-state index is -4.67. The minimum Gasteiger partial charge on any atom is -0.326 e. The van der Waals surface area contributed by atoms with Crippen molar-refractivity contribution in [3.63, 3.8) is 0 Å². The highest BCUT2D eigenvalue weighted by Gasteiger charge is 2.34. The van der Waals surface area contributed by atoms with Crippen molar-refractivity contribution in [2.75, 3.05) is 10.6 Å². The lowest BCUT2D eigenvalue weighted by Crippen LogP contribution is -2.22. The summed E-state index contributed by atoms with van der Waals surface area (Å²) in [6.07, 6.45) is 0.0231. The molecule has 3 N–H and O–H groups in total. The van der Waals surface area contributed by atoms with Gasteiger partial charge in [0.05, 0.1) is 33.2 Å². The molecule has 0 saturated heterocycles. The van der Waals surface area contributed by atoms with E-state index in [4.69, 9.17) is 11.6 Å². The first kappa shape index (κ1) is 24.0. The fraction of sp³-hybridized carbons (Fsp3) is 0.0833. The van der Waals surface area contributed by atoms with E-state index in [2.05, 4.69) is 25.8 Å². The molecule has 0 saturated carbocycles. The minimum absolute atomic E-state index is 0.232. The van der Waals surface area contributed by atoms with E-state index in [0.29, 0.717) is 16.9 Å². The van der Waals surface area contributed by atoms with Crippen molar-refractivity contribution in [3.8, 4) is 0 Å². The highest BCUT2D eigenvalue weighted by molar-refractivity contribution is 6.34. The van der Waals surface area contributed by atoms with Crippen LogP contribution in [-0.4, -0.2) is 27.0 Å². The Morgan fingerprint density at radius 1 is 1.00 bits per heavy atom. The van der Waals surface area contributed by atoms with E-state index in [1.165, 1.54) is 6.07 Å². The molecule has 0 aliphatic rings. The Morgan fingerprint density at radius 3 is 2.54 bits per heavy atom. The van der Waals surface area contributed by atoms with Crippen LogP contribution in [0.25, 0.3) is 23.1 Å². The number of hydrogen-bond acceptors (Lipinski definition) is 4.